The van der Waals surface area contributed by atoms with Crippen LogP contribution >= 0.6 is 19.5 Å². The van der Waals surface area contributed by atoms with Crippen LogP contribution in [0, 0.1) is 0 Å². The first kappa shape index (κ1) is 13.3. The van der Waals surface area contributed by atoms with Gasteiger partial charge in [-0.25, -0.2) is 4.98 Å². The van der Waals surface area contributed by atoms with Crippen molar-refractivity contribution in [1.29, 1.82) is 0 Å². The maximum Gasteiger partial charge on any atom is 0.129 e. The average Bonchev–Trinajstić information content (AvgIpc) is 2.50. The lowest BCUT2D eigenvalue weighted by Gasteiger charge is -2.19. The van der Waals surface area contributed by atoms with E-state index < -0.39 is 7.92 Å². The van der Waals surface area contributed by atoms with Gasteiger partial charge in [0.25, 0.3) is 0 Å². The fourth-order valence-electron chi connectivity index (χ4n) is 2.13. The van der Waals surface area contributed by atoms with Crippen LogP contribution in [0.1, 0.15) is 0 Å². The molecule has 0 fully saturated rings. The highest BCUT2D eigenvalue weighted by Crippen LogP contribution is 2.32. The summed E-state index contributed by atoms with van der Waals surface area (Å²) in [6, 6.07) is 25.1. The molecular weight excluding hydrogens is 285 g/mol. The second kappa shape index (κ2) is 6.17. The summed E-state index contributed by atoms with van der Waals surface area (Å²) in [5.41, 5.74) is 0. The second-order valence-electron chi connectivity index (χ2n) is 4.34. The standard InChI is InChI=1S/C17H13ClNP/c18-17-13-16(11-12-19-17)20(14-7-3-1-4-8-14)15-9-5-2-6-10-15/h1-13H. The predicted molar refractivity (Wildman–Crippen MR) is 88.0 cm³/mol. The van der Waals surface area contributed by atoms with E-state index in [1.54, 1.807) is 6.20 Å². The van der Waals surface area contributed by atoms with Gasteiger partial charge in [-0.3, -0.25) is 0 Å². The monoisotopic (exact) mass is 297 g/mol. The highest BCUT2D eigenvalue weighted by molar-refractivity contribution is 7.79. The molecule has 0 N–H and O–H groups in total. The smallest absolute Gasteiger partial charge is 0.129 e. The Hall–Kier alpha value is -1.69. The molecule has 3 rings (SSSR count). The SMILES string of the molecule is Clc1cc(P(c2ccccc2)c2ccccc2)ccn1. The zero-order valence-electron chi connectivity index (χ0n) is 10.8. The Labute approximate surface area is 125 Å². The molecule has 0 radical (unpaired) electrons. The van der Waals surface area contributed by atoms with Gasteiger partial charge >= 0.3 is 0 Å². The summed E-state index contributed by atoms with van der Waals surface area (Å²) in [7, 11) is -0.587. The molecule has 3 heteroatoms. The van der Waals surface area contributed by atoms with Crippen LogP contribution in [-0.4, -0.2) is 4.98 Å². The van der Waals surface area contributed by atoms with Crippen molar-refractivity contribution in [3.05, 3.63) is 84.1 Å². The van der Waals surface area contributed by atoms with Crippen LogP contribution in [0.4, 0.5) is 0 Å². The Morgan fingerprint density at radius 1 is 0.700 bits per heavy atom. The quantitative estimate of drug-likeness (QED) is 0.533. The molecular formula is C17H13ClNP. The number of hydrogen-bond acceptors (Lipinski definition) is 1. The molecule has 20 heavy (non-hydrogen) atoms. The van der Waals surface area contributed by atoms with Crippen LogP contribution in [0.15, 0.2) is 79.0 Å². The summed E-state index contributed by atoms with van der Waals surface area (Å²) in [6.07, 6.45) is 1.78. The van der Waals surface area contributed by atoms with Crippen LogP contribution in [0.2, 0.25) is 5.15 Å². The largest absolute Gasteiger partial charge is 0.245 e. The maximum atomic E-state index is 6.06. The normalized spacial score (nSPS) is 10.7. The summed E-state index contributed by atoms with van der Waals surface area (Å²) >= 11 is 6.06. The molecule has 0 unspecified atom stereocenters. The fraction of sp³-hybridized carbons (Fsp3) is 0. The van der Waals surface area contributed by atoms with Gasteiger partial charge in [0.05, 0.1) is 0 Å². The first-order valence-corrected chi connectivity index (χ1v) is 8.08. The van der Waals surface area contributed by atoms with Gasteiger partial charge in [-0.05, 0) is 36.0 Å². The van der Waals surface area contributed by atoms with Gasteiger partial charge in [0.15, 0.2) is 0 Å². The number of benzene rings is 2. The number of hydrogen-bond donors (Lipinski definition) is 0. The minimum absolute atomic E-state index is 0.543. The number of pyridine rings is 1. The Bertz CT molecular complexity index is 646. The summed E-state index contributed by atoms with van der Waals surface area (Å²) in [5, 5.41) is 4.39. The van der Waals surface area contributed by atoms with Crippen molar-refractivity contribution in [2.75, 3.05) is 0 Å². The van der Waals surface area contributed by atoms with Crippen LogP contribution in [-0.2, 0) is 0 Å². The number of halogens is 1. The highest BCUT2D eigenvalue weighted by Gasteiger charge is 2.16. The Balaban J connectivity index is 2.14. The lowest BCUT2D eigenvalue weighted by Crippen LogP contribution is -2.20. The zero-order valence-corrected chi connectivity index (χ0v) is 12.4. The van der Waals surface area contributed by atoms with Gasteiger partial charge in [0.1, 0.15) is 5.15 Å². The third-order valence-corrected chi connectivity index (χ3v) is 5.63. The second-order valence-corrected chi connectivity index (χ2v) is 6.95. The highest BCUT2D eigenvalue weighted by atomic mass is 35.5. The van der Waals surface area contributed by atoms with Crippen molar-refractivity contribution in [3.8, 4) is 0 Å². The lowest BCUT2D eigenvalue weighted by molar-refractivity contribution is 1.34. The van der Waals surface area contributed by atoms with Gasteiger partial charge in [-0.2, -0.15) is 0 Å². The summed E-state index contributed by atoms with van der Waals surface area (Å²) in [5.74, 6) is 0. The van der Waals surface area contributed by atoms with E-state index in [1.165, 1.54) is 15.9 Å². The molecule has 0 aliphatic heterocycles. The molecule has 1 nitrogen and oxygen atoms in total. The Morgan fingerprint density at radius 3 is 1.75 bits per heavy atom. The molecule has 1 aromatic heterocycles. The van der Waals surface area contributed by atoms with Crippen molar-refractivity contribution in [2.45, 2.75) is 0 Å². The van der Waals surface area contributed by atoms with E-state index >= 15 is 0 Å². The number of aromatic nitrogens is 1. The van der Waals surface area contributed by atoms with E-state index in [0.717, 1.165) is 0 Å². The molecule has 0 saturated carbocycles. The summed E-state index contributed by atoms with van der Waals surface area (Å²) in [4.78, 5) is 4.09. The Kier molecular flexibility index (Phi) is 4.11. The molecule has 2 aromatic carbocycles. The van der Waals surface area contributed by atoms with Crippen molar-refractivity contribution in [1.82, 2.24) is 4.98 Å². The Morgan fingerprint density at radius 2 is 1.25 bits per heavy atom. The predicted octanol–water partition coefficient (Wildman–Crippen LogP) is 3.49. The maximum absolute atomic E-state index is 6.06. The van der Waals surface area contributed by atoms with E-state index in [2.05, 4.69) is 59.6 Å². The minimum atomic E-state index is -0.587. The zero-order chi connectivity index (χ0) is 13.8. The van der Waals surface area contributed by atoms with Crippen LogP contribution in [0.3, 0.4) is 0 Å². The molecule has 0 aliphatic carbocycles. The third kappa shape index (κ3) is 2.90. The summed E-state index contributed by atoms with van der Waals surface area (Å²) < 4.78 is 0. The number of nitrogens with zero attached hydrogens (tertiary/aromatic N) is 1. The van der Waals surface area contributed by atoms with E-state index in [0.29, 0.717) is 5.15 Å². The van der Waals surface area contributed by atoms with Crippen molar-refractivity contribution in [2.24, 2.45) is 0 Å². The molecule has 3 aromatic rings. The molecule has 0 aliphatic rings. The molecule has 0 saturated heterocycles. The van der Waals surface area contributed by atoms with E-state index in [9.17, 15) is 0 Å². The van der Waals surface area contributed by atoms with Gasteiger partial charge in [-0.15, -0.1) is 0 Å². The number of rotatable bonds is 3. The molecule has 0 spiro atoms. The van der Waals surface area contributed by atoms with Crippen LogP contribution in [0.5, 0.6) is 0 Å². The molecule has 0 bridgehead atoms. The van der Waals surface area contributed by atoms with E-state index in [1.807, 2.05) is 18.2 Å². The van der Waals surface area contributed by atoms with Crippen molar-refractivity contribution in [3.63, 3.8) is 0 Å². The third-order valence-electron chi connectivity index (χ3n) is 3.00. The topological polar surface area (TPSA) is 12.9 Å². The van der Waals surface area contributed by atoms with Gasteiger partial charge < -0.3 is 0 Å². The lowest BCUT2D eigenvalue weighted by atomic mass is 10.4. The van der Waals surface area contributed by atoms with Gasteiger partial charge in [-0.1, -0.05) is 72.3 Å². The first-order chi connectivity index (χ1) is 9.84. The van der Waals surface area contributed by atoms with Crippen molar-refractivity contribution < 1.29 is 0 Å². The molecule has 0 atom stereocenters. The van der Waals surface area contributed by atoms with Crippen LogP contribution < -0.4 is 15.9 Å². The van der Waals surface area contributed by atoms with Crippen molar-refractivity contribution >= 4 is 35.4 Å². The van der Waals surface area contributed by atoms with E-state index in [-0.39, 0.29) is 0 Å². The average molecular weight is 298 g/mol. The first-order valence-electron chi connectivity index (χ1n) is 6.36. The van der Waals surface area contributed by atoms with E-state index in [4.69, 9.17) is 11.6 Å². The molecule has 1 heterocycles. The minimum Gasteiger partial charge on any atom is -0.245 e. The molecule has 98 valence electrons. The van der Waals surface area contributed by atoms with Crippen LogP contribution in [0.25, 0.3) is 0 Å². The summed E-state index contributed by atoms with van der Waals surface area (Å²) in [6.45, 7) is 0. The molecule has 0 amide bonds. The fourth-order valence-corrected chi connectivity index (χ4v) is 4.68. The van der Waals surface area contributed by atoms with Gasteiger partial charge in [0.2, 0.25) is 0 Å². The van der Waals surface area contributed by atoms with Gasteiger partial charge in [0, 0.05) is 6.20 Å².